The normalized spacial score (nSPS) is 17.1. The maximum absolute atomic E-state index is 12.3. The summed E-state index contributed by atoms with van der Waals surface area (Å²) >= 11 is 0. The number of rotatable bonds is 4. The molecule has 1 aliphatic rings. The molecular weight excluding hydrogens is 228 g/mol. The van der Waals surface area contributed by atoms with Crippen molar-refractivity contribution >= 4 is 11.6 Å². The molecule has 1 saturated carbocycles. The molecule has 0 radical (unpaired) electrons. The lowest BCUT2D eigenvalue weighted by atomic mass is 9.68. The van der Waals surface area contributed by atoms with Crippen LogP contribution in [0.3, 0.4) is 0 Å². The van der Waals surface area contributed by atoms with Gasteiger partial charge in [-0.1, -0.05) is 6.42 Å². The quantitative estimate of drug-likeness (QED) is 0.890. The molecule has 0 saturated heterocycles. The van der Waals surface area contributed by atoms with Crippen LogP contribution in [0.15, 0.2) is 12.1 Å². The van der Waals surface area contributed by atoms with Crippen LogP contribution >= 0.6 is 0 Å². The van der Waals surface area contributed by atoms with Crippen molar-refractivity contribution in [1.29, 1.82) is 0 Å². The van der Waals surface area contributed by atoms with Gasteiger partial charge in [-0.05, 0) is 38.8 Å². The summed E-state index contributed by atoms with van der Waals surface area (Å²) in [5.41, 5.74) is 2.29. The number of nitrogens with zero attached hydrogens (tertiary/aromatic N) is 1. The molecule has 1 fully saturated rings. The van der Waals surface area contributed by atoms with Crippen LogP contribution in [-0.4, -0.2) is 24.6 Å². The number of amides is 1. The Morgan fingerprint density at radius 1 is 1.44 bits per heavy atom. The van der Waals surface area contributed by atoms with Crippen LogP contribution in [-0.2, 0) is 9.53 Å². The Bertz CT molecular complexity index is 453. The molecule has 1 aromatic rings. The summed E-state index contributed by atoms with van der Waals surface area (Å²) in [6.07, 6.45) is 2.91. The zero-order chi connectivity index (χ0) is 13.2. The van der Waals surface area contributed by atoms with Gasteiger partial charge in [-0.3, -0.25) is 9.78 Å². The standard InChI is InChI=1S/C14H20N2O2/c1-10-5-6-12(11(2)15-10)16-13(17)14(9-18-3)7-4-8-14/h5-6H,4,7-9H2,1-3H3,(H,16,17). The molecule has 2 rings (SSSR count). The molecule has 0 spiro atoms. The number of pyridine rings is 1. The van der Waals surface area contributed by atoms with Crippen LogP contribution in [0, 0.1) is 19.3 Å². The Balaban J connectivity index is 2.11. The van der Waals surface area contributed by atoms with Crippen molar-refractivity contribution in [3.05, 3.63) is 23.5 Å². The third-order valence-electron chi connectivity index (χ3n) is 3.69. The number of hydrogen-bond donors (Lipinski definition) is 1. The highest BCUT2D eigenvalue weighted by molar-refractivity contribution is 5.96. The minimum absolute atomic E-state index is 0.0596. The van der Waals surface area contributed by atoms with Crippen molar-refractivity contribution < 1.29 is 9.53 Å². The van der Waals surface area contributed by atoms with Crippen molar-refractivity contribution in [2.24, 2.45) is 5.41 Å². The topological polar surface area (TPSA) is 51.2 Å². The Kier molecular flexibility index (Phi) is 3.66. The molecule has 4 nitrogen and oxygen atoms in total. The van der Waals surface area contributed by atoms with Gasteiger partial charge >= 0.3 is 0 Å². The van der Waals surface area contributed by atoms with E-state index in [9.17, 15) is 4.79 Å². The molecule has 18 heavy (non-hydrogen) atoms. The highest BCUT2D eigenvalue weighted by Gasteiger charge is 2.44. The number of methoxy groups -OCH3 is 1. The van der Waals surface area contributed by atoms with Gasteiger partial charge in [0, 0.05) is 12.8 Å². The van der Waals surface area contributed by atoms with E-state index in [1.165, 1.54) is 0 Å². The van der Waals surface area contributed by atoms with E-state index in [1.807, 2.05) is 26.0 Å². The lowest BCUT2D eigenvalue weighted by Gasteiger charge is -2.39. The van der Waals surface area contributed by atoms with Gasteiger partial charge in [0.05, 0.1) is 23.4 Å². The minimum atomic E-state index is -0.327. The number of aromatic nitrogens is 1. The fraction of sp³-hybridized carbons (Fsp3) is 0.571. The summed E-state index contributed by atoms with van der Waals surface area (Å²) in [6, 6.07) is 3.82. The van der Waals surface area contributed by atoms with Crippen molar-refractivity contribution in [3.63, 3.8) is 0 Å². The summed E-state index contributed by atoms with van der Waals surface area (Å²) in [6.45, 7) is 4.35. The van der Waals surface area contributed by atoms with Crippen molar-refractivity contribution in [2.75, 3.05) is 19.0 Å². The van der Waals surface area contributed by atoms with Crippen LogP contribution in [0.2, 0.25) is 0 Å². The molecule has 1 heterocycles. The summed E-state index contributed by atoms with van der Waals surface area (Å²) in [5.74, 6) is 0.0596. The van der Waals surface area contributed by atoms with E-state index in [0.29, 0.717) is 6.61 Å². The summed E-state index contributed by atoms with van der Waals surface area (Å²) in [5, 5.41) is 2.98. The van der Waals surface area contributed by atoms with Gasteiger partial charge in [-0.15, -0.1) is 0 Å². The zero-order valence-corrected chi connectivity index (χ0v) is 11.2. The molecule has 4 heteroatoms. The van der Waals surface area contributed by atoms with E-state index in [-0.39, 0.29) is 11.3 Å². The molecule has 98 valence electrons. The van der Waals surface area contributed by atoms with Crippen LogP contribution in [0.1, 0.15) is 30.7 Å². The maximum atomic E-state index is 12.3. The monoisotopic (exact) mass is 248 g/mol. The Morgan fingerprint density at radius 3 is 2.67 bits per heavy atom. The second-order valence-corrected chi connectivity index (χ2v) is 5.11. The average molecular weight is 248 g/mol. The fourth-order valence-electron chi connectivity index (χ4n) is 2.39. The SMILES string of the molecule is COCC1(C(=O)Nc2ccc(C)nc2C)CCC1. The van der Waals surface area contributed by atoms with Crippen LogP contribution in [0.5, 0.6) is 0 Å². The molecule has 1 aromatic heterocycles. The predicted octanol–water partition coefficient (Wildman–Crippen LogP) is 2.45. The van der Waals surface area contributed by atoms with E-state index in [2.05, 4.69) is 10.3 Å². The summed E-state index contributed by atoms with van der Waals surface area (Å²) in [4.78, 5) is 16.7. The molecule has 1 aliphatic carbocycles. The molecule has 0 bridgehead atoms. The van der Waals surface area contributed by atoms with Crippen molar-refractivity contribution in [2.45, 2.75) is 33.1 Å². The van der Waals surface area contributed by atoms with Crippen molar-refractivity contribution in [3.8, 4) is 0 Å². The summed E-state index contributed by atoms with van der Waals surface area (Å²) < 4.78 is 5.18. The van der Waals surface area contributed by atoms with E-state index < -0.39 is 0 Å². The number of aryl methyl sites for hydroxylation is 2. The number of anilines is 1. The highest BCUT2D eigenvalue weighted by atomic mass is 16.5. The molecule has 0 unspecified atom stereocenters. The molecule has 1 N–H and O–H groups in total. The lowest BCUT2D eigenvalue weighted by molar-refractivity contribution is -0.134. The van der Waals surface area contributed by atoms with Gasteiger partial charge in [0.2, 0.25) is 5.91 Å². The minimum Gasteiger partial charge on any atom is -0.384 e. The molecule has 0 aromatic carbocycles. The summed E-state index contributed by atoms with van der Waals surface area (Å²) in [7, 11) is 1.64. The average Bonchev–Trinajstić information content (AvgIpc) is 2.27. The first-order chi connectivity index (χ1) is 8.57. The number of hydrogen-bond acceptors (Lipinski definition) is 3. The third kappa shape index (κ3) is 2.38. The second-order valence-electron chi connectivity index (χ2n) is 5.11. The van der Waals surface area contributed by atoms with E-state index in [4.69, 9.17) is 4.74 Å². The Labute approximate surface area is 108 Å². The predicted molar refractivity (Wildman–Crippen MR) is 70.5 cm³/mol. The fourth-order valence-corrected chi connectivity index (χ4v) is 2.39. The maximum Gasteiger partial charge on any atom is 0.232 e. The van der Waals surface area contributed by atoms with E-state index in [0.717, 1.165) is 36.3 Å². The second kappa shape index (κ2) is 5.06. The first-order valence-corrected chi connectivity index (χ1v) is 6.32. The van der Waals surface area contributed by atoms with E-state index in [1.54, 1.807) is 7.11 Å². The Morgan fingerprint density at radius 2 is 2.17 bits per heavy atom. The van der Waals surface area contributed by atoms with Gasteiger partial charge in [0.25, 0.3) is 0 Å². The molecule has 1 amide bonds. The first kappa shape index (κ1) is 13.0. The molecule has 0 atom stereocenters. The van der Waals surface area contributed by atoms with Crippen LogP contribution in [0.25, 0.3) is 0 Å². The van der Waals surface area contributed by atoms with Gasteiger partial charge in [-0.2, -0.15) is 0 Å². The van der Waals surface area contributed by atoms with Gasteiger partial charge in [0.15, 0.2) is 0 Å². The number of ether oxygens (including phenoxy) is 1. The first-order valence-electron chi connectivity index (χ1n) is 6.32. The number of nitrogens with one attached hydrogen (secondary N) is 1. The largest absolute Gasteiger partial charge is 0.384 e. The van der Waals surface area contributed by atoms with Gasteiger partial charge < -0.3 is 10.1 Å². The van der Waals surface area contributed by atoms with Crippen LogP contribution in [0.4, 0.5) is 5.69 Å². The molecular formula is C14H20N2O2. The smallest absolute Gasteiger partial charge is 0.232 e. The third-order valence-corrected chi connectivity index (χ3v) is 3.69. The highest BCUT2D eigenvalue weighted by Crippen LogP contribution is 2.42. The number of carbonyl (C=O) groups excluding carboxylic acids is 1. The molecule has 0 aliphatic heterocycles. The van der Waals surface area contributed by atoms with E-state index >= 15 is 0 Å². The van der Waals surface area contributed by atoms with Gasteiger partial charge in [0.1, 0.15) is 0 Å². The van der Waals surface area contributed by atoms with Crippen molar-refractivity contribution in [1.82, 2.24) is 4.98 Å². The Hall–Kier alpha value is -1.42. The van der Waals surface area contributed by atoms with Crippen LogP contribution < -0.4 is 5.32 Å². The lowest BCUT2D eigenvalue weighted by Crippen LogP contribution is -2.45. The van der Waals surface area contributed by atoms with Gasteiger partial charge in [-0.25, -0.2) is 0 Å². The zero-order valence-electron chi connectivity index (χ0n) is 11.2. The number of carbonyl (C=O) groups is 1.